The number of hydrogen-bond acceptors (Lipinski definition) is 5. The summed E-state index contributed by atoms with van der Waals surface area (Å²) in [5.74, 6) is 2.60. The Bertz CT molecular complexity index is 659. The van der Waals surface area contributed by atoms with Crippen LogP contribution in [-0.4, -0.2) is 46.0 Å². The largest absolute Gasteiger partial charge is 0.478 e. The van der Waals surface area contributed by atoms with Gasteiger partial charge >= 0.3 is 0 Å². The van der Waals surface area contributed by atoms with E-state index in [1.54, 1.807) is 17.0 Å². The molecule has 0 unspecified atom stereocenters. The van der Waals surface area contributed by atoms with E-state index in [1.165, 1.54) is 0 Å². The molecule has 0 aliphatic carbocycles. The average Bonchev–Trinajstić information content (AvgIpc) is 3.19. The maximum Gasteiger partial charge on any atom is 0.274 e. The zero-order valence-corrected chi connectivity index (χ0v) is 13.6. The predicted octanol–water partition coefficient (Wildman–Crippen LogP) is 2.58. The third-order valence-electron chi connectivity index (χ3n) is 4.22. The topological polar surface area (TPSA) is 60.5 Å². The Morgan fingerprint density at radius 1 is 1.35 bits per heavy atom. The van der Waals surface area contributed by atoms with Gasteiger partial charge in [0, 0.05) is 37.9 Å². The van der Waals surface area contributed by atoms with E-state index in [0.29, 0.717) is 23.4 Å². The molecule has 1 amide bonds. The van der Waals surface area contributed by atoms with E-state index >= 15 is 0 Å². The number of furan rings is 1. The summed E-state index contributed by atoms with van der Waals surface area (Å²) in [6, 6.07) is 5.69. The van der Waals surface area contributed by atoms with Crippen LogP contribution in [0.2, 0.25) is 0 Å². The Morgan fingerprint density at radius 2 is 2.30 bits per heavy atom. The Hall–Kier alpha value is -1.89. The highest BCUT2D eigenvalue weighted by Gasteiger charge is 2.26. The number of nitrogens with zero attached hydrogens (tertiary/aromatic N) is 3. The first-order valence-electron chi connectivity index (χ1n) is 7.96. The molecule has 4 rings (SSSR count). The van der Waals surface area contributed by atoms with Gasteiger partial charge in [-0.2, -0.15) is 5.10 Å². The molecule has 0 N–H and O–H groups in total. The first kappa shape index (κ1) is 14.7. The summed E-state index contributed by atoms with van der Waals surface area (Å²) in [6.07, 6.45) is 3.54. The number of thioether (sulfide) groups is 1. The highest BCUT2D eigenvalue weighted by atomic mass is 32.2. The van der Waals surface area contributed by atoms with Gasteiger partial charge in [0.05, 0.1) is 18.1 Å². The van der Waals surface area contributed by atoms with Crippen molar-refractivity contribution in [1.29, 1.82) is 0 Å². The second-order valence-corrected chi connectivity index (χ2v) is 7.06. The molecule has 0 saturated carbocycles. The molecule has 4 heterocycles. The molecule has 122 valence electrons. The van der Waals surface area contributed by atoms with Crippen LogP contribution in [0.3, 0.4) is 0 Å². The van der Waals surface area contributed by atoms with Gasteiger partial charge in [-0.1, -0.05) is 0 Å². The molecule has 6 nitrogen and oxygen atoms in total. The maximum atomic E-state index is 12.7. The van der Waals surface area contributed by atoms with E-state index in [9.17, 15) is 4.79 Å². The number of fused-ring (bicyclic) bond motifs is 1. The molecule has 2 aliphatic rings. The Balaban J connectivity index is 1.45. The van der Waals surface area contributed by atoms with Crippen LogP contribution >= 0.6 is 11.8 Å². The molecule has 23 heavy (non-hydrogen) atoms. The summed E-state index contributed by atoms with van der Waals surface area (Å²) in [7, 11) is 0. The summed E-state index contributed by atoms with van der Waals surface area (Å²) in [5.41, 5.74) is 0.489. The fourth-order valence-electron chi connectivity index (χ4n) is 3.01. The van der Waals surface area contributed by atoms with Crippen molar-refractivity contribution in [2.24, 2.45) is 0 Å². The van der Waals surface area contributed by atoms with Crippen molar-refractivity contribution in [3.63, 3.8) is 0 Å². The number of carbonyl (C=O) groups excluding carboxylic acids is 1. The minimum absolute atomic E-state index is 0.00352. The number of amides is 1. The summed E-state index contributed by atoms with van der Waals surface area (Å²) in [4.78, 5) is 14.6. The van der Waals surface area contributed by atoms with Crippen molar-refractivity contribution in [2.45, 2.75) is 24.6 Å². The Kier molecular flexibility index (Phi) is 4.03. The van der Waals surface area contributed by atoms with E-state index < -0.39 is 0 Å². The smallest absolute Gasteiger partial charge is 0.274 e. The molecule has 7 heteroatoms. The molecule has 1 saturated heterocycles. The van der Waals surface area contributed by atoms with Crippen LogP contribution in [0.25, 0.3) is 0 Å². The van der Waals surface area contributed by atoms with E-state index in [2.05, 4.69) is 5.10 Å². The van der Waals surface area contributed by atoms with Crippen molar-refractivity contribution < 1.29 is 13.9 Å². The van der Waals surface area contributed by atoms with E-state index in [4.69, 9.17) is 9.15 Å². The third-order valence-corrected chi connectivity index (χ3v) is 5.50. The van der Waals surface area contributed by atoms with Crippen molar-refractivity contribution >= 4 is 17.7 Å². The first-order chi connectivity index (χ1) is 11.3. The van der Waals surface area contributed by atoms with Crippen molar-refractivity contribution in [1.82, 2.24) is 14.7 Å². The third kappa shape index (κ3) is 2.97. The summed E-state index contributed by atoms with van der Waals surface area (Å²) >= 11 is 1.85. The lowest BCUT2D eigenvalue weighted by molar-refractivity contribution is 0.0759. The van der Waals surface area contributed by atoms with Crippen molar-refractivity contribution in [3.05, 3.63) is 35.9 Å². The molecule has 1 atom stereocenters. The van der Waals surface area contributed by atoms with Crippen LogP contribution in [0.15, 0.2) is 28.9 Å². The molecule has 2 aromatic rings. The van der Waals surface area contributed by atoms with Gasteiger partial charge in [-0.25, -0.2) is 4.68 Å². The summed E-state index contributed by atoms with van der Waals surface area (Å²) in [6.45, 7) is 2.98. The zero-order chi connectivity index (χ0) is 15.6. The monoisotopic (exact) mass is 333 g/mol. The number of ether oxygens (including phenoxy) is 1. The number of aromatic nitrogens is 2. The van der Waals surface area contributed by atoms with E-state index in [-0.39, 0.29) is 5.91 Å². The molecular weight excluding hydrogens is 314 g/mol. The lowest BCUT2D eigenvalue weighted by atomic mass is 10.2. The molecule has 0 spiro atoms. The molecular formula is C16H19N3O3S. The van der Waals surface area contributed by atoms with Gasteiger partial charge in [-0.05, 0) is 18.6 Å². The number of rotatable bonds is 2. The van der Waals surface area contributed by atoms with E-state index in [0.717, 1.165) is 44.0 Å². The SMILES string of the molecule is O=C(c1cc2n(n1)CCCO2)N1CCS[C@H](c2ccco2)CC1. The lowest BCUT2D eigenvalue weighted by Crippen LogP contribution is -2.33. The quantitative estimate of drug-likeness (QED) is 0.845. The van der Waals surface area contributed by atoms with E-state index in [1.807, 2.05) is 28.8 Å². The van der Waals surface area contributed by atoms with Crippen LogP contribution in [0, 0.1) is 0 Å². The van der Waals surface area contributed by atoms with Crippen molar-refractivity contribution in [3.8, 4) is 5.88 Å². The van der Waals surface area contributed by atoms with Gasteiger partial charge in [0.1, 0.15) is 5.76 Å². The number of carbonyl (C=O) groups is 1. The average molecular weight is 333 g/mol. The van der Waals surface area contributed by atoms with Gasteiger partial charge in [0.25, 0.3) is 5.91 Å². The molecule has 0 aromatic carbocycles. The standard InChI is InChI=1S/C16H19N3O3S/c20-16(12-11-15-19(17-12)5-2-9-22-15)18-6-4-14(23-10-7-18)13-3-1-8-21-13/h1,3,8,11,14H,2,4-7,9-10H2/t14-/m0/s1. The van der Waals surface area contributed by atoms with Crippen LogP contribution < -0.4 is 4.74 Å². The van der Waals surface area contributed by atoms with Crippen LogP contribution in [-0.2, 0) is 6.54 Å². The second-order valence-electron chi connectivity index (χ2n) is 5.75. The molecule has 2 aromatic heterocycles. The molecule has 2 aliphatic heterocycles. The van der Waals surface area contributed by atoms with Gasteiger partial charge in [0.15, 0.2) is 5.69 Å². The van der Waals surface area contributed by atoms with Crippen LogP contribution in [0.1, 0.15) is 34.3 Å². The maximum absolute atomic E-state index is 12.7. The Labute approximate surface area is 138 Å². The van der Waals surface area contributed by atoms with Gasteiger partial charge in [0.2, 0.25) is 5.88 Å². The second kappa shape index (κ2) is 6.31. The summed E-state index contributed by atoms with van der Waals surface area (Å²) < 4.78 is 12.8. The fraction of sp³-hybridized carbons (Fsp3) is 0.500. The normalized spacial score (nSPS) is 21.4. The highest BCUT2D eigenvalue weighted by Crippen LogP contribution is 2.34. The zero-order valence-electron chi connectivity index (χ0n) is 12.8. The number of aryl methyl sites for hydroxylation is 1. The Morgan fingerprint density at radius 3 is 3.13 bits per heavy atom. The molecule has 1 fully saturated rings. The van der Waals surface area contributed by atoms with Gasteiger partial charge in [-0.3, -0.25) is 4.79 Å². The molecule has 0 bridgehead atoms. The summed E-state index contributed by atoms with van der Waals surface area (Å²) in [5, 5.41) is 4.72. The van der Waals surface area contributed by atoms with Crippen LogP contribution in [0.4, 0.5) is 0 Å². The number of hydrogen-bond donors (Lipinski definition) is 0. The minimum Gasteiger partial charge on any atom is -0.478 e. The highest BCUT2D eigenvalue weighted by molar-refractivity contribution is 7.99. The predicted molar refractivity (Wildman–Crippen MR) is 86.8 cm³/mol. The minimum atomic E-state index is -0.00352. The van der Waals surface area contributed by atoms with Crippen LogP contribution in [0.5, 0.6) is 5.88 Å². The first-order valence-corrected chi connectivity index (χ1v) is 9.01. The van der Waals surface area contributed by atoms with Crippen molar-refractivity contribution in [2.75, 3.05) is 25.4 Å². The van der Waals surface area contributed by atoms with Gasteiger partial charge < -0.3 is 14.1 Å². The van der Waals surface area contributed by atoms with Gasteiger partial charge in [-0.15, -0.1) is 11.8 Å². The fourth-order valence-corrected chi connectivity index (χ4v) is 4.19. The lowest BCUT2D eigenvalue weighted by Gasteiger charge is -2.18. The molecule has 0 radical (unpaired) electrons.